The highest BCUT2D eigenvalue weighted by atomic mass is 79.9. The number of benzene rings is 1. The number of hydrogen-bond donors (Lipinski definition) is 1. The van der Waals surface area contributed by atoms with Gasteiger partial charge < -0.3 is 10.6 Å². The van der Waals surface area contributed by atoms with Crippen molar-refractivity contribution in [3.05, 3.63) is 44.1 Å². The van der Waals surface area contributed by atoms with E-state index in [1.807, 2.05) is 0 Å². The first-order chi connectivity index (χ1) is 8.97. The third-order valence-electron chi connectivity index (χ3n) is 3.37. The summed E-state index contributed by atoms with van der Waals surface area (Å²) >= 11 is 5.28. The highest BCUT2D eigenvalue weighted by Crippen LogP contribution is 2.27. The van der Waals surface area contributed by atoms with Crippen LogP contribution >= 0.6 is 27.3 Å². The van der Waals surface area contributed by atoms with Crippen LogP contribution in [0.1, 0.15) is 16.0 Å². The van der Waals surface area contributed by atoms with E-state index in [-0.39, 0.29) is 0 Å². The Balaban J connectivity index is 2.07. The van der Waals surface area contributed by atoms with Crippen molar-refractivity contribution in [3.63, 3.8) is 0 Å². The zero-order valence-corrected chi connectivity index (χ0v) is 13.9. The summed E-state index contributed by atoms with van der Waals surface area (Å²) < 4.78 is 1.17. The maximum absolute atomic E-state index is 6.12. The van der Waals surface area contributed by atoms with E-state index in [1.165, 1.54) is 20.5 Å². The van der Waals surface area contributed by atoms with Crippen molar-refractivity contribution in [1.29, 1.82) is 0 Å². The van der Waals surface area contributed by atoms with Gasteiger partial charge in [-0.1, -0.05) is 0 Å². The molecule has 0 aliphatic heterocycles. The summed E-state index contributed by atoms with van der Waals surface area (Å²) in [7, 11) is 2.10. The molecule has 0 bridgehead atoms. The number of thiophene rings is 1. The molecule has 1 heterocycles. The van der Waals surface area contributed by atoms with Gasteiger partial charge in [-0.15, -0.1) is 11.3 Å². The van der Waals surface area contributed by atoms with Crippen molar-refractivity contribution < 1.29 is 0 Å². The molecule has 0 saturated heterocycles. The molecule has 1 aromatic heterocycles. The lowest BCUT2D eigenvalue weighted by Gasteiger charge is -2.22. The van der Waals surface area contributed by atoms with Crippen LogP contribution in [0.15, 0.2) is 28.1 Å². The number of hydrogen-bond acceptors (Lipinski definition) is 3. The maximum Gasteiger partial charge on any atom is 0.0600 e. The summed E-state index contributed by atoms with van der Waals surface area (Å²) in [5.41, 5.74) is 10.6. The first-order valence-corrected chi connectivity index (χ1v) is 7.95. The number of nitrogens with two attached hydrogens (primary N) is 1. The molecule has 0 aliphatic rings. The summed E-state index contributed by atoms with van der Waals surface area (Å²) in [6, 6.07) is 6.42. The Morgan fingerprint density at radius 1 is 1.21 bits per heavy atom. The van der Waals surface area contributed by atoms with E-state index < -0.39 is 0 Å². The third kappa shape index (κ3) is 3.51. The molecule has 19 heavy (non-hydrogen) atoms. The van der Waals surface area contributed by atoms with Crippen LogP contribution in [0.5, 0.6) is 0 Å². The van der Waals surface area contributed by atoms with Gasteiger partial charge in [0.25, 0.3) is 0 Å². The molecule has 0 aliphatic carbocycles. The molecule has 2 N–H and O–H groups in total. The van der Waals surface area contributed by atoms with Crippen LogP contribution in [0, 0.1) is 13.8 Å². The number of rotatable bonds is 4. The van der Waals surface area contributed by atoms with Gasteiger partial charge in [-0.05, 0) is 65.5 Å². The number of likely N-dealkylation sites (N-methyl/N-ethyl adjacent to an activating group) is 1. The smallest absolute Gasteiger partial charge is 0.0600 e. The van der Waals surface area contributed by atoms with Crippen LogP contribution in [-0.4, -0.2) is 13.6 Å². The number of nitrogen functional groups attached to an aromatic ring is 1. The van der Waals surface area contributed by atoms with E-state index in [1.54, 1.807) is 11.3 Å². The van der Waals surface area contributed by atoms with Crippen molar-refractivity contribution in [1.82, 2.24) is 0 Å². The van der Waals surface area contributed by atoms with Gasteiger partial charge >= 0.3 is 0 Å². The topological polar surface area (TPSA) is 29.3 Å². The second-order valence-electron chi connectivity index (χ2n) is 4.90. The highest BCUT2D eigenvalue weighted by Gasteiger charge is 2.08. The summed E-state index contributed by atoms with van der Waals surface area (Å²) in [5.74, 6) is 0. The number of anilines is 2. The molecule has 0 unspecified atom stereocenters. The molecule has 2 rings (SSSR count). The monoisotopic (exact) mass is 338 g/mol. The Kier molecular flexibility index (Phi) is 4.53. The minimum Gasteiger partial charge on any atom is -0.397 e. The minimum atomic E-state index is 0.859. The fraction of sp³-hybridized carbons (Fsp3) is 0.333. The van der Waals surface area contributed by atoms with Crippen LogP contribution in [0.3, 0.4) is 0 Å². The van der Waals surface area contributed by atoms with Crippen molar-refractivity contribution >= 4 is 38.6 Å². The molecule has 0 saturated carbocycles. The van der Waals surface area contributed by atoms with Crippen molar-refractivity contribution in [2.75, 3.05) is 24.2 Å². The molecule has 1 aromatic carbocycles. The number of aryl methyl sites for hydroxylation is 2. The van der Waals surface area contributed by atoms with Gasteiger partial charge in [-0.25, -0.2) is 0 Å². The molecule has 2 nitrogen and oxygen atoms in total. The molecular formula is C15H19BrN2S. The van der Waals surface area contributed by atoms with Crippen molar-refractivity contribution in [2.45, 2.75) is 20.3 Å². The van der Waals surface area contributed by atoms with Gasteiger partial charge in [0.1, 0.15) is 0 Å². The Hall–Kier alpha value is -1.00. The van der Waals surface area contributed by atoms with Gasteiger partial charge in [0.15, 0.2) is 0 Å². The molecule has 2 aromatic rings. The normalized spacial score (nSPS) is 10.7. The van der Waals surface area contributed by atoms with E-state index in [2.05, 4.69) is 65.3 Å². The molecule has 102 valence electrons. The molecule has 4 heteroatoms. The third-order valence-corrected chi connectivity index (χ3v) is 5.13. The fourth-order valence-electron chi connectivity index (χ4n) is 2.04. The van der Waals surface area contributed by atoms with E-state index in [0.717, 1.165) is 24.3 Å². The van der Waals surface area contributed by atoms with Gasteiger partial charge in [0, 0.05) is 28.3 Å². The Bertz CT molecular complexity index is 578. The lowest BCUT2D eigenvalue weighted by Crippen LogP contribution is -2.21. The van der Waals surface area contributed by atoms with Crippen molar-refractivity contribution in [3.8, 4) is 0 Å². The average Bonchev–Trinajstić information content (AvgIpc) is 2.77. The Labute approximate surface area is 127 Å². The standard InChI is InChI=1S/C15H19BrN2S/c1-10-6-14(17)15(7-11(10)2)18(3)5-4-13-8-12(16)9-19-13/h6-9H,4-5,17H2,1-3H3. The van der Waals surface area contributed by atoms with Crippen LogP contribution in [0.25, 0.3) is 0 Å². The summed E-state index contributed by atoms with van der Waals surface area (Å²) in [6.45, 7) is 5.20. The predicted molar refractivity (Wildman–Crippen MR) is 89.3 cm³/mol. The fourth-order valence-corrected chi connectivity index (χ4v) is 3.48. The van der Waals surface area contributed by atoms with Gasteiger partial charge in [-0.3, -0.25) is 0 Å². The van der Waals surface area contributed by atoms with E-state index in [0.29, 0.717) is 0 Å². The Morgan fingerprint density at radius 3 is 2.53 bits per heavy atom. The van der Waals surface area contributed by atoms with Gasteiger partial charge in [-0.2, -0.15) is 0 Å². The quantitative estimate of drug-likeness (QED) is 0.837. The van der Waals surface area contributed by atoms with E-state index in [4.69, 9.17) is 5.73 Å². The second kappa shape index (κ2) is 5.97. The zero-order valence-electron chi connectivity index (χ0n) is 11.5. The molecule has 0 radical (unpaired) electrons. The second-order valence-corrected chi connectivity index (χ2v) is 6.81. The van der Waals surface area contributed by atoms with E-state index in [9.17, 15) is 0 Å². The summed E-state index contributed by atoms with van der Waals surface area (Å²) in [5, 5.41) is 2.12. The van der Waals surface area contributed by atoms with Crippen LogP contribution in [0.4, 0.5) is 11.4 Å². The molecule has 0 atom stereocenters. The maximum atomic E-state index is 6.12. The average molecular weight is 339 g/mol. The van der Waals surface area contributed by atoms with Crippen LogP contribution < -0.4 is 10.6 Å². The minimum absolute atomic E-state index is 0.859. The van der Waals surface area contributed by atoms with Gasteiger partial charge in [0.2, 0.25) is 0 Å². The largest absolute Gasteiger partial charge is 0.397 e. The van der Waals surface area contributed by atoms with Gasteiger partial charge in [0.05, 0.1) is 11.4 Å². The summed E-state index contributed by atoms with van der Waals surface area (Å²) in [4.78, 5) is 3.62. The van der Waals surface area contributed by atoms with Crippen LogP contribution in [-0.2, 0) is 6.42 Å². The lowest BCUT2D eigenvalue weighted by atomic mass is 10.1. The zero-order chi connectivity index (χ0) is 14.0. The summed E-state index contributed by atoms with van der Waals surface area (Å²) in [6.07, 6.45) is 1.04. The first kappa shape index (κ1) is 14.4. The highest BCUT2D eigenvalue weighted by molar-refractivity contribution is 9.10. The molecule has 0 amide bonds. The predicted octanol–water partition coefficient (Wildman–Crippen LogP) is 4.39. The van der Waals surface area contributed by atoms with Crippen LogP contribution in [0.2, 0.25) is 0 Å². The van der Waals surface area contributed by atoms with E-state index >= 15 is 0 Å². The SMILES string of the molecule is Cc1cc(N)c(N(C)CCc2cc(Br)cs2)cc1C. The first-order valence-electron chi connectivity index (χ1n) is 6.28. The lowest BCUT2D eigenvalue weighted by molar-refractivity contribution is 0.887. The molecule has 0 fully saturated rings. The number of nitrogens with zero attached hydrogens (tertiary/aromatic N) is 1. The van der Waals surface area contributed by atoms with Crippen molar-refractivity contribution in [2.24, 2.45) is 0 Å². The number of halogens is 1. The molecular weight excluding hydrogens is 320 g/mol. The Morgan fingerprint density at radius 2 is 1.89 bits per heavy atom. The molecule has 0 spiro atoms.